The van der Waals surface area contributed by atoms with Crippen LogP contribution in [0.4, 0.5) is 5.95 Å². The third-order valence-corrected chi connectivity index (χ3v) is 4.35. The lowest BCUT2D eigenvalue weighted by molar-refractivity contribution is 0.250. The van der Waals surface area contributed by atoms with Crippen molar-refractivity contribution in [2.75, 3.05) is 31.1 Å². The van der Waals surface area contributed by atoms with Crippen LogP contribution in [0.25, 0.3) is 11.5 Å². The molecule has 0 aliphatic carbocycles. The molecule has 1 aromatic carbocycles. The SMILES string of the molecule is c1ccc(-c2nc(N3CCN4CCC3CC4)no2)cc1. The van der Waals surface area contributed by atoms with Crippen LogP contribution in [0.2, 0.25) is 0 Å². The van der Waals surface area contributed by atoms with Crippen LogP contribution in [0.5, 0.6) is 0 Å². The van der Waals surface area contributed by atoms with E-state index in [1.165, 1.54) is 25.9 Å². The van der Waals surface area contributed by atoms with E-state index in [-0.39, 0.29) is 0 Å². The highest BCUT2D eigenvalue weighted by Crippen LogP contribution is 2.26. The van der Waals surface area contributed by atoms with Gasteiger partial charge in [-0.05, 0) is 30.1 Å². The van der Waals surface area contributed by atoms with E-state index in [2.05, 4.69) is 19.9 Å². The van der Waals surface area contributed by atoms with Crippen LogP contribution in [-0.4, -0.2) is 47.3 Å². The first-order valence-electron chi connectivity index (χ1n) is 7.28. The maximum Gasteiger partial charge on any atom is 0.266 e. The van der Waals surface area contributed by atoms with Crippen LogP contribution in [0.3, 0.4) is 0 Å². The van der Waals surface area contributed by atoms with Crippen molar-refractivity contribution in [1.82, 2.24) is 15.0 Å². The lowest BCUT2D eigenvalue weighted by atomic mass is 10.1. The van der Waals surface area contributed by atoms with E-state index in [0.717, 1.165) is 24.6 Å². The van der Waals surface area contributed by atoms with Crippen molar-refractivity contribution in [2.24, 2.45) is 0 Å². The minimum atomic E-state index is 0.565. The second-order valence-corrected chi connectivity index (χ2v) is 5.53. The van der Waals surface area contributed by atoms with Crippen LogP contribution in [0.15, 0.2) is 34.9 Å². The number of benzene rings is 1. The van der Waals surface area contributed by atoms with Crippen LogP contribution in [0.1, 0.15) is 12.8 Å². The summed E-state index contributed by atoms with van der Waals surface area (Å²) in [5.41, 5.74) is 0.981. The van der Waals surface area contributed by atoms with Crippen molar-refractivity contribution in [3.05, 3.63) is 30.3 Å². The Bertz CT molecular complexity index is 575. The molecule has 20 heavy (non-hydrogen) atoms. The first kappa shape index (κ1) is 11.9. The lowest BCUT2D eigenvalue weighted by Gasteiger charge is -2.30. The molecule has 0 unspecified atom stereocenters. The topological polar surface area (TPSA) is 45.4 Å². The van der Waals surface area contributed by atoms with Gasteiger partial charge in [0.2, 0.25) is 0 Å². The number of rotatable bonds is 2. The van der Waals surface area contributed by atoms with E-state index >= 15 is 0 Å². The monoisotopic (exact) mass is 270 g/mol. The first-order valence-corrected chi connectivity index (χ1v) is 7.28. The maximum absolute atomic E-state index is 5.43. The summed E-state index contributed by atoms with van der Waals surface area (Å²) in [4.78, 5) is 9.44. The van der Waals surface area contributed by atoms with Gasteiger partial charge in [0.1, 0.15) is 0 Å². The summed E-state index contributed by atoms with van der Waals surface area (Å²) in [6.07, 6.45) is 2.41. The summed E-state index contributed by atoms with van der Waals surface area (Å²) in [6, 6.07) is 10.5. The molecule has 1 aromatic heterocycles. The Morgan fingerprint density at radius 2 is 1.80 bits per heavy atom. The molecule has 3 aliphatic rings. The molecule has 4 heterocycles. The fourth-order valence-corrected chi connectivity index (χ4v) is 3.18. The largest absolute Gasteiger partial charge is 0.334 e. The van der Waals surface area contributed by atoms with E-state index in [4.69, 9.17) is 4.52 Å². The smallest absolute Gasteiger partial charge is 0.266 e. The molecule has 5 heteroatoms. The molecule has 5 nitrogen and oxygen atoms in total. The summed E-state index contributed by atoms with van der Waals surface area (Å²) in [5, 5.41) is 4.20. The van der Waals surface area contributed by atoms with Crippen LogP contribution < -0.4 is 4.90 Å². The zero-order chi connectivity index (χ0) is 13.4. The van der Waals surface area contributed by atoms with E-state index in [1.807, 2.05) is 30.3 Å². The van der Waals surface area contributed by atoms with Crippen molar-refractivity contribution in [3.63, 3.8) is 0 Å². The van der Waals surface area contributed by atoms with Crippen LogP contribution in [-0.2, 0) is 0 Å². The van der Waals surface area contributed by atoms with Gasteiger partial charge >= 0.3 is 0 Å². The second-order valence-electron chi connectivity index (χ2n) is 5.53. The number of anilines is 1. The molecule has 3 saturated heterocycles. The predicted octanol–water partition coefficient (Wildman–Crippen LogP) is 2.02. The maximum atomic E-state index is 5.43. The molecule has 0 N–H and O–H groups in total. The Morgan fingerprint density at radius 3 is 2.60 bits per heavy atom. The van der Waals surface area contributed by atoms with E-state index < -0.39 is 0 Å². The minimum absolute atomic E-state index is 0.565. The van der Waals surface area contributed by atoms with Gasteiger partial charge in [0.15, 0.2) is 0 Å². The van der Waals surface area contributed by atoms with Gasteiger partial charge in [-0.3, -0.25) is 0 Å². The summed E-state index contributed by atoms with van der Waals surface area (Å²) < 4.78 is 5.43. The number of hydrogen-bond acceptors (Lipinski definition) is 5. The first-order chi connectivity index (χ1) is 9.90. The fourth-order valence-electron chi connectivity index (χ4n) is 3.18. The molecule has 2 aromatic rings. The molecule has 3 aliphatic heterocycles. The van der Waals surface area contributed by atoms with Crippen molar-refractivity contribution < 1.29 is 4.52 Å². The highest BCUT2D eigenvalue weighted by molar-refractivity contribution is 5.54. The molecular formula is C15H18N4O. The average Bonchev–Trinajstić information content (AvgIpc) is 2.81. The molecule has 2 bridgehead atoms. The number of fused-ring (bicyclic) bond motifs is 4. The number of nitrogens with zero attached hydrogens (tertiary/aromatic N) is 4. The summed E-state index contributed by atoms with van der Waals surface area (Å²) in [5.74, 6) is 1.36. The van der Waals surface area contributed by atoms with Gasteiger partial charge in [-0.1, -0.05) is 18.2 Å². The summed E-state index contributed by atoms with van der Waals surface area (Å²) in [6.45, 7) is 4.50. The van der Waals surface area contributed by atoms with Gasteiger partial charge in [-0.25, -0.2) is 0 Å². The summed E-state index contributed by atoms with van der Waals surface area (Å²) in [7, 11) is 0. The standard InChI is InChI=1S/C15H18N4O/c1-2-4-12(5-3-1)14-16-15(17-20-14)19-11-10-18-8-6-13(19)7-9-18/h1-5,13H,6-11H2. The third-order valence-electron chi connectivity index (χ3n) is 4.35. The van der Waals surface area contributed by atoms with E-state index in [9.17, 15) is 0 Å². The van der Waals surface area contributed by atoms with Gasteiger partial charge in [-0.15, -0.1) is 0 Å². The Kier molecular flexibility index (Phi) is 2.92. The highest BCUT2D eigenvalue weighted by Gasteiger charge is 2.31. The summed E-state index contributed by atoms with van der Waals surface area (Å²) >= 11 is 0. The Labute approximate surface area is 118 Å². The molecule has 3 fully saturated rings. The van der Waals surface area contributed by atoms with Crippen molar-refractivity contribution in [2.45, 2.75) is 18.9 Å². The predicted molar refractivity (Wildman–Crippen MR) is 76.5 cm³/mol. The van der Waals surface area contributed by atoms with Gasteiger partial charge < -0.3 is 14.3 Å². The fraction of sp³-hybridized carbons (Fsp3) is 0.467. The number of piperidine rings is 1. The Balaban J connectivity index is 1.61. The van der Waals surface area contributed by atoms with Crippen molar-refractivity contribution in [1.29, 1.82) is 0 Å². The van der Waals surface area contributed by atoms with E-state index in [1.54, 1.807) is 0 Å². The molecule has 0 saturated carbocycles. The zero-order valence-electron chi connectivity index (χ0n) is 11.4. The normalized spacial score (nSPS) is 25.7. The van der Waals surface area contributed by atoms with Gasteiger partial charge in [0.25, 0.3) is 11.8 Å². The molecule has 5 rings (SSSR count). The number of hydrogen-bond donors (Lipinski definition) is 0. The lowest BCUT2D eigenvalue weighted by Crippen LogP contribution is -2.38. The quantitative estimate of drug-likeness (QED) is 0.835. The Morgan fingerprint density at radius 1 is 1.00 bits per heavy atom. The molecule has 0 spiro atoms. The zero-order valence-corrected chi connectivity index (χ0v) is 11.4. The molecule has 0 atom stereocenters. The number of aromatic nitrogens is 2. The molecular weight excluding hydrogens is 252 g/mol. The third kappa shape index (κ3) is 2.08. The van der Waals surface area contributed by atoms with Gasteiger partial charge in [0.05, 0.1) is 0 Å². The van der Waals surface area contributed by atoms with Crippen molar-refractivity contribution in [3.8, 4) is 11.5 Å². The molecule has 0 amide bonds. The average molecular weight is 270 g/mol. The Hall–Kier alpha value is -1.88. The van der Waals surface area contributed by atoms with Gasteiger partial charge in [-0.2, -0.15) is 4.98 Å². The second kappa shape index (κ2) is 4.90. The highest BCUT2D eigenvalue weighted by atomic mass is 16.5. The van der Waals surface area contributed by atoms with Gasteiger partial charge in [0, 0.05) is 37.8 Å². The minimum Gasteiger partial charge on any atom is -0.334 e. The van der Waals surface area contributed by atoms with Crippen LogP contribution in [0, 0.1) is 0 Å². The van der Waals surface area contributed by atoms with E-state index in [0.29, 0.717) is 11.9 Å². The van der Waals surface area contributed by atoms with Crippen LogP contribution >= 0.6 is 0 Å². The van der Waals surface area contributed by atoms with Crippen molar-refractivity contribution >= 4 is 5.95 Å². The molecule has 104 valence electrons. The molecule has 0 radical (unpaired) electrons.